The summed E-state index contributed by atoms with van der Waals surface area (Å²) in [6.07, 6.45) is -8.91. The average molecular weight is 521 g/mol. The molecular formula is C24H19F8NO3. The van der Waals surface area contributed by atoms with E-state index in [1.807, 2.05) is 0 Å². The lowest BCUT2D eigenvalue weighted by atomic mass is 9.89. The molecule has 0 aromatic heterocycles. The third kappa shape index (κ3) is 5.75. The van der Waals surface area contributed by atoms with Crippen LogP contribution in [0.1, 0.15) is 6.42 Å². The summed E-state index contributed by atoms with van der Waals surface area (Å²) in [5.41, 5.74) is 0.342. The van der Waals surface area contributed by atoms with E-state index in [4.69, 9.17) is 4.74 Å². The Morgan fingerprint density at radius 3 is 2.39 bits per heavy atom. The lowest BCUT2D eigenvalue weighted by Crippen LogP contribution is -2.52. The highest BCUT2D eigenvalue weighted by Gasteiger charge is 2.43. The van der Waals surface area contributed by atoms with Crippen LogP contribution in [0.2, 0.25) is 0 Å². The van der Waals surface area contributed by atoms with Gasteiger partial charge in [0.05, 0.1) is 18.3 Å². The van der Waals surface area contributed by atoms with Crippen LogP contribution in [0.3, 0.4) is 0 Å². The minimum absolute atomic E-state index is 0.0234. The van der Waals surface area contributed by atoms with Crippen LogP contribution in [-0.2, 0) is 4.74 Å². The van der Waals surface area contributed by atoms with Crippen molar-refractivity contribution in [1.82, 2.24) is 0 Å². The van der Waals surface area contributed by atoms with Crippen LogP contribution < -0.4 is 9.64 Å². The van der Waals surface area contributed by atoms with E-state index in [1.54, 1.807) is 0 Å². The minimum Gasteiger partial charge on any atom is -0.489 e. The normalized spacial score (nSPS) is 20.9. The Balaban J connectivity index is 1.75. The number of ether oxygens (including phenoxy) is 2. The Morgan fingerprint density at radius 2 is 1.75 bits per heavy atom. The van der Waals surface area contributed by atoms with E-state index < -0.39 is 54.5 Å². The molecular weight excluding hydrogens is 502 g/mol. The monoisotopic (exact) mass is 521 g/mol. The van der Waals surface area contributed by atoms with Crippen molar-refractivity contribution in [2.24, 2.45) is 5.92 Å². The van der Waals surface area contributed by atoms with Gasteiger partial charge in [0.25, 0.3) is 0 Å². The fraction of sp³-hybridized carbons (Fsp3) is 0.333. The van der Waals surface area contributed by atoms with Crippen molar-refractivity contribution in [3.05, 3.63) is 72.0 Å². The molecule has 0 amide bonds. The zero-order valence-corrected chi connectivity index (χ0v) is 18.3. The summed E-state index contributed by atoms with van der Waals surface area (Å²) in [7, 11) is 0. The van der Waals surface area contributed by atoms with Crippen molar-refractivity contribution in [2.75, 3.05) is 18.1 Å². The van der Waals surface area contributed by atoms with Gasteiger partial charge >= 0.3 is 12.5 Å². The lowest BCUT2D eigenvalue weighted by molar-refractivity contribution is -0.303. The molecule has 0 fully saturated rings. The van der Waals surface area contributed by atoms with Crippen LogP contribution in [0, 0.1) is 17.6 Å². The molecule has 1 heterocycles. The van der Waals surface area contributed by atoms with Gasteiger partial charge in [-0.3, -0.25) is 0 Å². The van der Waals surface area contributed by atoms with Crippen molar-refractivity contribution in [3.63, 3.8) is 0 Å². The Morgan fingerprint density at radius 1 is 1.06 bits per heavy atom. The largest absolute Gasteiger partial charge is 0.573 e. The fourth-order valence-electron chi connectivity index (χ4n) is 4.30. The molecule has 0 bridgehead atoms. The summed E-state index contributed by atoms with van der Waals surface area (Å²) in [4.78, 5) is 1.20. The quantitative estimate of drug-likeness (QED) is 0.482. The van der Waals surface area contributed by atoms with Crippen LogP contribution in [0.25, 0.3) is 11.1 Å². The molecule has 4 nitrogen and oxygen atoms in total. The second-order valence-electron chi connectivity index (χ2n) is 8.32. The van der Waals surface area contributed by atoms with Crippen molar-refractivity contribution in [2.45, 2.75) is 31.1 Å². The van der Waals surface area contributed by atoms with Crippen LogP contribution in [0.4, 0.5) is 40.8 Å². The number of halogens is 8. The number of hydrogen-bond donors (Lipinski definition) is 1. The third-order valence-corrected chi connectivity index (χ3v) is 5.82. The molecule has 1 aliphatic heterocycles. The number of para-hydroxylation sites is 1. The predicted molar refractivity (Wildman–Crippen MR) is 113 cm³/mol. The molecule has 1 aliphatic carbocycles. The molecule has 3 atom stereocenters. The topological polar surface area (TPSA) is 41.9 Å². The smallest absolute Gasteiger partial charge is 0.489 e. The predicted octanol–water partition coefficient (Wildman–Crippen LogP) is 6.12. The maximum absolute atomic E-state index is 13.8. The Bertz CT molecular complexity index is 1150. The maximum Gasteiger partial charge on any atom is 0.573 e. The van der Waals surface area contributed by atoms with Gasteiger partial charge in [-0.2, -0.15) is 13.2 Å². The molecule has 0 spiro atoms. The standard InChI is InChI=1S/C24H19F8NO3/c25-15-7-14(8-16(26)10-15)18-5-2-6-19-22(18)35-12-20(33(19)11-21(34)23(27,28)29)13-3-1-4-17(9-13)36-24(30,31)32/h1-2,4-10,13,20-21,34H,3,11-12H2/t13-,20?,21+/m0/s1. The highest BCUT2D eigenvalue weighted by Crippen LogP contribution is 2.45. The van der Waals surface area contributed by atoms with Crippen LogP contribution in [0.5, 0.6) is 5.75 Å². The molecule has 1 unspecified atom stereocenters. The lowest BCUT2D eigenvalue weighted by Gasteiger charge is -2.43. The van der Waals surface area contributed by atoms with Crippen molar-refractivity contribution in [1.29, 1.82) is 0 Å². The Kier molecular flexibility index (Phi) is 6.91. The molecule has 4 rings (SSSR count). The van der Waals surface area contributed by atoms with Gasteiger partial charge in [-0.1, -0.05) is 18.2 Å². The molecule has 0 radical (unpaired) electrons. The van der Waals surface area contributed by atoms with E-state index in [2.05, 4.69) is 4.74 Å². The van der Waals surface area contributed by atoms with Crippen molar-refractivity contribution in [3.8, 4) is 16.9 Å². The number of benzene rings is 2. The van der Waals surface area contributed by atoms with Gasteiger partial charge in [0.15, 0.2) is 11.9 Å². The summed E-state index contributed by atoms with van der Waals surface area (Å²) in [5, 5.41) is 9.83. The zero-order chi connectivity index (χ0) is 26.3. The van der Waals surface area contributed by atoms with E-state index in [-0.39, 0.29) is 35.6 Å². The molecule has 12 heteroatoms. The first-order valence-electron chi connectivity index (χ1n) is 10.7. The number of anilines is 1. The maximum atomic E-state index is 13.8. The summed E-state index contributed by atoms with van der Waals surface area (Å²) < 4.78 is 115. The van der Waals surface area contributed by atoms with Crippen LogP contribution in [-0.4, -0.2) is 42.9 Å². The zero-order valence-electron chi connectivity index (χ0n) is 18.3. The van der Waals surface area contributed by atoms with E-state index >= 15 is 0 Å². The number of β-amino-alcohol motifs (C(OH)–C–C–N with tert-alkyl or cyclic N) is 1. The Labute approximate surface area is 200 Å². The highest BCUT2D eigenvalue weighted by molar-refractivity contribution is 5.80. The van der Waals surface area contributed by atoms with E-state index in [0.717, 1.165) is 24.3 Å². The number of alkyl halides is 6. The molecule has 194 valence electrons. The van der Waals surface area contributed by atoms with Gasteiger partial charge in [0.1, 0.15) is 24.0 Å². The number of hydrogen-bond acceptors (Lipinski definition) is 4. The fourth-order valence-corrected chi connectivity index (χ4v) is 4.30. The molecule has 2 aromatic rings. The summed E-state index contributed by atoms with van der Waals surface area (Å²) in [6.45, 7) is -1.23. The van der Waals surface area contributed by atoms with Crippen molar-refractivity contribution < 1.29 is 49.7 Å². The number of fused-ring (bicyclic) bond motifs is 1. The molecule has 1 N–H and O–H groups in total. The average Bonchev–Trinajstić information content (AvgIpc) is 2.76. The number of aliphatic hydroxyl groups is 1. The van der Waals surface area contributed by atoms with Gasteiger partial charge in [0.2, 0.25) is 0 Å². The Hall–Kier alpha value is -3.28. The number of allylic oxidation sites excluding steroid dienone is 2. The SMILES string of the molecule is O[C@H](CN1c2cccc(-c3cc(F)cc(F)c3)c2OCC1[C@@H]1C=C(OC(F)(F)F)C=CC1)C(F)(F)F. The second-order valence-corrected chi connectivity index (χ2v) is 8.32. The van der Waals surface area contributed by atoms with Gasteiger partial charge in [-0.25, -0.2) is 8.78 Å². The third-order valence-electron chi connectivity index (χ3n) is 5.82. The van der Waals surface area contributed by atoms with Gasteiger partial charge in [-0.15, -0.1) is 13.2 Å². The summed E-state index contributed by atoms with van der Waals surface area (Å²) in [5.74, 6) is -3.02. The molecule has 0 saturated carbocycles. The minimum atomic E-state index is -4.97. The van der Waals surface area contributed by atoms with Crippen LogP contribution >= 0.6 is 0 Å². The summed E-state index contributed by atoms with van der Waals surface area (Å²) in [6, 6.07) is 6.08. The highest BCUT2D eigenvalue weighted by atomic mass is 19.4. The summed E-state index contributed by atoms with van der Waals surface area (Å²) >= 11 is 0. The second kappa shape index (κ2) is 9.64. The first-order valence-corrected chi connectivity index (χ1v) is 10.7. The van der Waals surface area contributed by atoms with E-state index in [0.29, 0.717) is 6.07 Å². The van der Waals surface area contributed by atoms with Crippen LogP contribution in [0.15, 0.2) is 60.4 Å². The number of nitrogens with zero attached hydrogens (tertiary/aromatic N) is 1. The van der Waals surface area contributed by atoms with Gasteiger partial charge < -0.3 is 19.5 Å². The van der Waals surface area contributed by atoms with Gasteiger partial charge in [-0.05, 0) is 42.3 Å². The molecule has 2 aromatic carbocycles. The first kappa shape index (κ1) is 25.8. The van der Waals surface area contributed by atoms with E-state index in [1.165, 1.54) is 29.2 Å². The van der Waals surface area contributed by atoms with Crippen molar-refractivity contribution >= 4 is 5.69 Å². The van der Waals surface area contributed by atoms with E-state index in [9.17, 15) is 40.2 Å². The molecule has 0 saturated heterocycles. The number of aliphatic hydroxyl groups excluding tert-OH is 1. The van der Waals surface area contributed by atoms with Gasteiger partial charge in [0, 0.05) is 17.5 Å². The molecule has 36 heavy (non-hydrogen) atoms. The molecule has 2 aliphatic rings. The first-order chi connectivity index (χ1) is 16.8. The number of rotatable bonds is 5.